The van der Waals surface area contributed by atoms with Crippen molar-refractivity contribution in [2.45, 2.75) is 19.8 Å². The number of nitrogens with one attached hydrogen (secondary N) is 2. The standard InChI is InChI=1S/C14H16ClN3O3/c1-9-7-10(15)4-5-11(9)17-12(19)3-2-6-18-13(20)8-16-14(18)21/h4-5,7H,2-3,6,8H2,1H3,(H,16,21)(H,17,19). The lowest BCUT2D eigenvalue weighted by Crippen LogP contribution is -2.32. The third kappa shape index (κ3) is 3.95. The van der Waals surface area contributed by atoms with Crippen LogP contribution in [0, 0.1) is 6.92 Å². The maximum Gasteiger partial charge on any atom is 0.324 e. The summed E-state index contributed by atoms with van der Waals surface area (Å²) in [5.41, 5.74) is 1.59. The summed E-state index contributed by atoms with van der Waals surface area (Å²) in [5, 5.41) is 5.83. The average Bonchev–Trinajstić information content (AvgIpc) is 2.74. The van der Waals surface area contributed by atoms with Gasteiger partial charge in [-0.3, -0.25) is 14.5 Å². The molecule has 0 aliphatic carbocycles. The van der Waals surface area contributed by atoms with Crippen LogP contribution in [0.25, 0.3) is 0 Å². The molecule has 0 radical (unpaired) electrons. The van der Waals surface area contributed by atoms with E-state index >= 15 is 0 Å². The second kappa shape index (κ2) is 6.58. The first-order valence-electron chi connectivity index (χ1n) is 6.61. The van der Waals surface area contributed by atoms with Crippen LogP contribution in [-0.4, -0.2) is 35.8 Å². The van der Waals surface area contributed by atoms with E-state index in [4.69, 9.17) is 11.6 Å². The average molecular weight is 310 g/mol. The van der Waals surface area contributed by atoms with Crippen LogP contribution in [0.3, 0.4) is 0 Å². The number of hydrogen-bond donors (Lipinski definition) is 2. The third-order valence-electron chi connectivity index (χ3n) is 3.19. The summed E-state index contributed by atoms with van der Waals surface area (Å²) < 4.78 is 0. The van der Waals surface area contributed by atoms with E-state index in [1.165, 1.54) is 0 Å². The summed E-state index contributed by atoms with van der Waals surface area (Å²) in [5.74, 6) is -0.415. The molecule has 0 aromatic heterocycles. The molecule has 0 unspecified atom stereocenters. The lowest BCUT2D eigenvalue weighted by molar-refractivity contribution is -0.125. The number of hydrogen-bond acceptors (Lipinski definition) is 3. The molecule has 6 nitrogen and oxygen atoms in total. The van der Waals surface area contributed by atoms with Gasteiger partial charge in [-0.2, -0.15) is 0 Å². The molecular weight excluding hydrogens is 294 g/mol. The van der Waals surface area contributed by atoms with E-state index in [9.17, 15) is 14.4 Å². The number of halogens is 1. The number of imide groups is 1. The van der Waals surface area contributed by atoms with Gasteiger partial charge in [0.05, 0.1) is 6.54 Å². The van der Waals surface area contributed by atoms with E-state index in [0.29, 0.717) is 17.1 Å². The zero-order valence-electron chi connectivity index (χ0n) is 11.6. The minimum atomic E-state index is -0.394. The summed E-state index contributed by atoms with van der Waals surface area (Å²) in [6.07, 6.45) is 0.663. The Morgan fingerprint density at radius 2 is 2.19 bits per heavy atom. The summed E-state index contributed by atoms with van der Waals surface area (Å²) in [7, 11) is 0. The third-order valence-corrected chi connectivity index (χ3v) is 3.42. The van der Waals surface area contributed by atoms with Crippen LogP contribution in [0.15, 0.2) is 18.2 Å². The molecule has 7 heteroatoms. The fraction of sp³-hybridized carbons (Fsp3) is 0.357. The number of rotatable bonds is 5. The van der Waals surface area contributed by atoms with E-state index in [1.54, 1.807) is 18.2 Å². The summed E-state index contributed by atoms with van der Waals surface area (Å²) in [4.78, 5) is 35.6. The number of carbonyl (C=O) groups excluding carboxylic acids is 3. The molecule has 0 bridgehead atoms. The molecule has 0 spiro atoms. The van der Waals surface area contributed by atoms with Gasteiger partial charge in [-0.15, -0.1) is 0 Å². The van der Waals surface area contributed by atoms with Crippen molar-refractivity contribution in [1.29, 1.82) is 0 Å². The van der Waals surface area contributed by atoms with Crippen LogP contribution in [0.5, 0.6) is 0 Å². The Kier molecular flexibility index (Phi) is 4.80. The molecule has 4 amide bonds. The van der Waals surface area contributed by atoms with Gasteiger partial charge in [0.1, 0.15) is 0 Å². The molecule has 1 heterocycles. The number of carbonyl (C=O) groups is 3. The second-order valence-corrected chi connectivity index (χ2v) is 5.25. The molecule has 1 aliphatic heterocycles. The zero-order valence-corrected chi connectivity index (χ0v) is 12.4. The highest BCUT2D eigenvalue weighted by Gasteiger charge is 2.27. The molecule has 1 fully saturated rings. The molecule has 2 rings (SSSR count). The number of nitrogens with zero attached hydrogens (tertiary/aromatic N) is 1. The fourth-order valence-corrected chi connectivity index (χ4v) is 2.29. The Morgan fingerprint density at radius 1 is 1.43 bits per heavy atom. The summed E-state index contributed by atoms with van der Waals surface area (Å²) in [6, 6.07) is 4.82. The Balaban J connectivity index is 1.80. The van der Waals surface area contributed by atoms with E-state index in [0.717, 1.165) is 10.5 Å². The Morgan fingerprint density at radius 3 is 2.81 bits per heavy atom. The van der Waals surface area contributed by atoms with Crippen molar-refractivity contribution in [1.82, 2.24) is 10.2 Å². The van der Waals surface area contributed by atoms with Gasteiger partial charge in [-0.1, -0.05) is 11.6 Å². The zero-order chi connectivity index (χ0) is 15.4. The van der Waals surface area contributed by atoms with E-state index in [2.05, 4.69) is 10.6 Å². The number of aryl methyl sites for hydroxylation is 1. The Hall–Kier alpha value is -2.08. The van der Waals surface area contributed by atoms with Crippen LogP contribution >= 0.6 is 11.6 Å². The molecule has 1 aromatic rings. The summed E-state index contributed by atoms with van der Waals surface area (Å²) >= 11 is 5.85. The van der Waals surface area contributed by atoms with Crippen LogP contribution in [0.1, 0.15) is 18.4 Å². The molecule has 0 saturated carbocycles. The Labute approximate surface area is 127 Å². The minimum Gasteiger partial charge on any atom is -0.329 e. The van der Waals surface area contributed by atoms with Gasteiger partial charge in [0.2, 0.25) is 11.8 Å². The van der Waals surface area contributed by atoms with Gasteiger partial charge < -0.3 is 10.6 Å². The highest BCUT2D eigenvalue weighted by atomic mass is 35.5. The molecule has 1 saturated heterocycles. The lowest BCUT2D eigenvalue weighted by atomic mass is 10.2. The molecule has 1 aliphatic rings. The van der Waals surface area contributed by atoms with Gasteiger partial charge in [-0.05, 0) is 37.1 Å². The van der Waals surface area contributed by atoms with Gasteiger partial charge in [-0.25, -0.2) is 4.79 Å². The van der Waals surface area contributed by atoms with Gasteiger partial charge in [0, 0.05) is 23.7 Å². The topological polar surface area (TPSA) is 78.5 Å². The highest BCUT2D eigenvalue weighted by Crippen LogP contribution is 2.19. The maximum absolute atomic E-state index is 11.8. The molecule has 21 heavy (non-hydrogen) atoms. The van der Waals surface area contributed by atoms with Crippen molar-refractivity contribution in [2.24, 2.45) is 0 Å². The Bertz CT molecular complexity index is 573. The monoisotopic (exact) mass is 309 g/mol. The van der Waals surface area contributed by atoms with Crippen molar-refractivity contribution < 1.29 is 14.4 Å². The van der Waals surface area contributed by atoms with E-state index in [1.807, 2.05) is 6.92 Å². The van der Waals surface area contributed by atoms with Gasteiger partial charge in [0.25, 0.3) is 0 Å². The molecular formula is C14H16ClN3O3. The first-order valence-corrected chi connectivity index (χ1v) is 6.99. The molecule has 112 valence electrons. The highest BCUT2D eigenvalue weighted by molar-refractivity contribution is 6.30. The first kappa shape index (κ1) is 15.3. The van der Waals surface area contributed by atoms with Crippen LogP contribution in [-0.2, 0) is 9.59 Å². The van der Waals surface area contributed by atoms with Crippen molar-refractivity contribution in [3.8, 4) is 0 Å². The number of anilines is 1. The number of urea groups is 1. The van der Waals surface area contributed by atoms with E-state index in [-0.39, 0.29) is 31.3 Å². The normalized spacial score (nSPS) is 14.3. The molecule has 1 aromatic carbocycles. The van der Waals surface area contributed by atoms with Crippen molar-refractivity contribution in [3.05, 3.63) is 28.8 Å². The number of benzene rings is 1. The van der Waals surface area contributed by atoms with Crippen LogP contribution in [0.4, 0.5) is 10.5 Å². The lowest BCUT2D eigenvalue weighted by Gasteiger charge is -2.12. The first-order chi connectivity index (χ1) is 9.97. The van der Waals surface area contributed by atoms with Crippen molar-refractivity contribution in [2.75, 3.05) is 18.4 Å². The van der Waals surface area contributed by atoms with E-state index < -0.39 is 6.03 Å². The number of amides is 4. The van der Waals surface area contributed by atoms with Crippen molar-refractivity contribution in [3.63, 3.8) is 0 Å². The molecule has 0 atom stereocenters. The summed E-state index contributed by atoms with van der Waals surface area (Å²) in [6.45, 7) is 2.14. The predicted molar refractivity (Wildman–Crippen MR) is 79.2 cm³/mol. The van der Waals surface area contributed by atoms with Crippen LogP contribution < -0.4 is 10.6 Å². The SMILES string of the molecule is Cc1cc(Cl)ccc1NC(=O)CCCN1C(=O)CNC1=O. The van der Waals surface area contributed by atoms with Crippen LogP contribution in [0.2, 0.25) is 5.02 Å². The van der Waals surface area contributed by atoms with Gasteiger partial charge >= 0.3 is 6.03 Å². The minimum absolute atomic E-state index is 0.0367. The largest absolute Gasteiger partial charge is 0.329 e. The predicted octanol–water partition coefficient (Wildman–Crippen LogP) is 1.92. The van der Waals surface area contributed by atoms with Crippen molar-refractivity contribution >= 4 is 35.1 Å². The smallest absolute Gasteiger partial charge is 0.324 e. The fourth-order valence-electron chi connectivity index (χ4n) is 2.06. The quantitative estimate of drug-likeness (QED) is 0.816. The maximum atomic E-state index is 11.8. The van der Waals surface area contributed by atoms with Gasteiger partial charge in [0.15, 0.2) is 0 Å². The molecule has 2 N–H and O–H groups in total. The second-order valence-electron chi connectivity index (χ2n) is 4.82.